The Morgan fingerprint density at radius 1 is 1.09 bits per heavy atom. The molecule has 5 heteroatoms. The van der Waals surface area contributed by atoms with E-state index in [1.54, 1.807) is 7.11 Å². The molecule has 0 bridgehead atoms. The van der Waals surface area contributed by atoms with Crippen LogP contribution < -0.4 is 20.5 Å². The van der Waals surface area contributed by atoms with Gasteiger partial charge in [0.15, 0.2) is 5.96 Å². The van der Waals surface area contributed by atoms with Gasteiger partial charge in [-0.1, -0.05) is 36.4 Å². The van der Waals surface area contributed by atoms with Crippen molar-refractivity contribution in [3.63, 3.8) is 0 Å². The first-order valence-electron chi connectivity index (χ1n) is 7.62. The highest BCUT2D eigenvalue weighted by atomic mass is 16.5. The minimum absolute atomic E-state index is 0.440. The Labute approximate surface area is 137 Å². The zero-order valence-electron chi connectivity index (χ0n) is 13.4. The zero-order valence-corrected chi connectivity index (χ0v) is 13.4. The van der Waals surface area contributed by atoms with Crippen molar-refractivity contribution in [2.45, 2.75) is 6.42 Å². The van der Waals surface area contributed by atoms with Crippen molar-refractivity contribution < 1.29 is 9.47 Å². The molecule has 2 aromatic rings. The SMILES string of the molecule is COc1cccc(OCCNC(N)=NCCc2ccccc2)c1. The lowest BCUT2D eigenvalue weighted by Crippen LogP contribution is -2.34. The van der Waals surface area contributed by atoms with Gasteiger partial charge in [-0.25, -0.2) is 0 Å². The smallest absolute Gasteiger partial charge is 0.188 e. The summed E-state index contributed by atoms with van der Waals surface area (Å²) < 4.78 is 10.8. The van der Waals surface area contributed by atoms with Crippen LogP contribution >= 0.6 is 0 Å². The standard InChI is InChI=1S/C18H23N3O2/c1-22-16-8-5-9-17(14-16)23-13-12-21-18(19)20-11-10-15-6-3-2-4-7-15/h2-9,14H,10-13H2,1H3,(H3,19,20,21). The van der Waals surface area contributed by atoms with Crippen LogP contribution in [0.5, 0.6) is 11.5 Å². The third-order valence-corrected chi connectivity index (χ3v) is 3.24. The predicted octanol–water partition coefficient (Wildman–Crippen LogP) is 2.22. The second-order valence-corrected chi connectivity index (χ2v) is 4.96. The molecule has 0 aromatic heterocycles. The number of rotatable bonds is 8. The van der Waals surface area contributed by atoms with Gasteiger partial charge < -0.3 is 20.5 Å². The number of guanidine groups is 1. The zero-order chi connectivity index (χ0) is 16.3. The molecule has 2 aromatic carbocycles. The lowest BCUT2D eigenvalue weighted by Gasteiger charge is -2.09. The van der Waals surface area contributed by atoms with Crippen molar-refractivity contribution in [1.82, 2.24) is 5.32 Å². The number of aliphatic imine (C=N–C) groups is 1. The molecule has 0 spiro atoms. The van der Waals surface area contributed by atoms with Gasteiger partial charge in [0.25, 0.3) is 0 Å². The number of nitrogens with one attached hydrogen (secondary N) is 1. The van der Waals surface area contributed by atoms with Gasteiger partial charge in [0, 0.05) is 12.6 Å². The molecular weight excluding hydrogens is 290 g/mol. The van der Waals surface area contributed by atoms with Crippen LogP contribution in [0.1, 0.15) is 5.56 Å². The quantitative estimate of drug-likeness (QED) is 0.445. The fourth-order valence-electron chi connectivity index (χ4n) is 2.04. The van der Waals surface area contributed by atoms with E-state index in [4.69, 9.17) is 15.2 Å². The third kappa shape index (κ3) is 6.30. The number of benzene rings is 2. The van der Waals surface area contributed by atoms with Crippen LogP contribution in [0.25, 0.3) is 0 Å². The maximum Gasteiger partial charge on any atom is 0.188 e. The number of hydrogen-bond acceptors (Lipinski definition) is 3. The molecular formula is C18H23N3O2. The largest absolute Gasteiger partial charge is 0.497 e. The highest BCUT2D eigenvalue weighted by Crippen LogP contribution is 2.18. The molecule has 5 nitrogen and oxygen atoms in total. The van der Waals surface area contributed by atoms with Gasteiger partial charge in [0.1, 0.15) is 18.1 Å². The Bertz CT molecular complexity index is 615. The van der Waals surface area contributed by atoms with Crippen LogP contribution in [-0.2, 0) is 6.42 Å². The van der Waals surface area contributed by atoms with Crippen LogP contribution in [0.15, 0.2) is 59.6 Å². The molecule has 0 amide bonds. The second-order valence-electron chi connectivity index (χ2n) is 4.96. The number of hydrogen-bond donors (Lipinski definition) is 2. The Balaban J connectivity index is 1.64. The van der Waals surface area contributed by atoms with E-state index in [9.17, 15) is 0 Å². The molecule has 0 atom stereocenters. The van der Waals surface area contributed by atoms with E-state index in [2.05, 4.69) is 22.4 Å². The summed E-state index contributed by atoms with van der Waals surface area (Å²) in [6.45, 7) is 1.76. The van der Waals surface area contributed by atoms with Gasteiger partial charge in [-0.3, -0.25) is 4.99 Å². The first-order chi connectivity index (χ1) is 11.3. The summed E-state index contributed by atoms with van der Waals surface area (Å²) in [6.07, 6.45) is 0.879. The number of ether oxygens (including phenoxy) is 2. The molecule has 0 fully saturated rings. The summed E-state index contributed by atoms with van der Waals surface area (Å²) in [5.41, 5.74) is 7.08. The van der Waals surface area contributed by atoms with E-state index in [0.29, 0.717) is 25.7 Å². The van der Waals surface area contributed by atoms with Crippen molar-refractivity contribution in [2.24, 2.45) is 10.7 Å². The van der Waals surface area contributed by atoms with Crippen molar-refractivity contribution in [1.29, 1.82) is 0 Å². The molecule has 0 unspecified atom stereocenters. The van der Waals surface area contributed by atoms with Gasteiger partial charge in [0.05, 0.1) is 13.7 Å². The first kappa shape index (κ1) is 16.7. The van der Waals surface area contributed by atoms with Crippen molar-refractivity contribution >= 4 is 5.96 Å². The second kappa shape index (κ2) is 9.35. The van der Waals surface area contributed by atoms with Crippen molar-refractivity contribution in [3.05, 3.63) is 60.2 Å². The Morgan fingerprint density at radius 3 is 2.65 bits per heavy atom. The van der Waals surface area contributed by atoms with E-state index in [0.717, 1.165) is 17.9 Å². The van der Waals surface area contributed by atoms with Gasteiger partial charge in [-0.2, -0.15) is 0 Å². The van der Waals surface area contributed by atoms with Crippen molar-refractivity contribution in [2.75, 3.05) is 26.8 Å². The minimum atomic E-state index is 0.440. The molecule has 0 aliphatic heterocycles. The summed E-state index contributed by atoms with van der Waals surface area (Å²) >= 11 is 0. The maximum atomic E-state index is 5.83. The topological polar surface area (TPSA) is 68.9 Å². The van der Waals surface area contributed by atoms with E-state index in [1.807, 2.05) is 42.5 Å². The summed E-state index contributed by atoms with van der Waals surface area (Å²) in [5, 5.41) is 3.04. The Kier molecular flexibility index (Phi) is 6.78. The van der Waals surface area contributed by atoms with Crippen LogP contribution in [0.3, 0.4) is 0 Å². The minimum Gasteiger partial charge on any atom is -0.497 e. The number of methoxy groups -OCH3 is 1. The molecule has 2 rings (SSSR count). The fraction of sp³-hybridized carbons (Fsp3) is 0.278. The van der Waals surface area contributed by atoms with E-state index < -0.39 is 0 Å². The highest BCUT2D eigenvalue weighted by Gasteiger charge is 1.97. The van der Waals surface area contributed by atoms with E-state index >= 15 is 0 Å². The number of nitrogens with zero attached hydrogens (tertiary/aromatic N) is 1. The van der Waals surface area contributed by atoms with Crippen LogP contribution in [0, 0.1) is 0 Å². The van der Waals surface area contributed by atoms with E-state index in [1.165, 1.54) is 5.56 Å². The summed E-state index contributed by atoms with van der Waals surface area (Å²) in [7, 11) is 1.63. The predicted molar refractivity (Wildman–Crippen MR) is 93.1 cm³/mol. The lowest BCUT2D eigenvalue weighted by atomic mass is 10.2. The summed E-state index contributed by atoms with van der Waals surface area (Å²) in [6, 6.07) is 17.7. The van der Waals surface area contributed by atoms with Crippen LogP contribution in [0.4, 0.5) is 0 Å². The Hall–Kier alpha value is -2.69. The maximum absolute atomic E-state index is 5.83. The summed E-state index contributed by atoms with van der Waals surface area (Å²) in [5.74, 6) is 1.98. The molecule has 23 heavy (non-hydrogen) atoms. The average molecular weight is 313 g/mol. The molecule has 0 aliphatic carbocycles. The average Bonchev–Trinajstić information content (AvgIpc) is 2.60. The van der Waals surface area contributed by atoms with Crippen LogP contribution in [0.2, 0.25) is 0 Å². The fourth-order valence-corrected chi connectivity index (χ4v) is 2.04. The van der Waals surface area contributed by atoms with Crippen molar-refractivity contribution in [3.8, 4) is 11.5 Å². The molecule has 0 saturated heterocycles. The molecule has 0 aliphatic rings. The van der Waals surface area contributed by atoms with Gasteiger partial charge in [-0.05, 0) is 24.1 Å². The third-order valence-electron chi connectivity index (χ3n) is 3.24. The summed E-state index contributed by atoms with van der Waals surface area (Å²) in [4.78, 5) is 4.30. The first-order valence-corrected chi connectivity index (χ1v) is 7.62. The molecule has 0 saturated carbocycles. The molecule has 0 heterocycles. The van der Waals surface area contributed by atoms with Crippen LogP contribution in [-0.4, -0.2) is 32.8 Å². The van der Waals surface area contributed by atoms with E-state index in [-0.39, 0.29) is 0 Å². The normalized spacial score (nSPS) is 11.1. The Morgan fingerprint density at radius 2 is 1.87 bits per heavy atom. The van der Waals surface area contributed by atoms with Gasteiger partial charge in [0.2, 0.25) is 0 Å². The molecule has 3 N–H and O–H groups in total. The monoisotopic (exact) mass is 313 g/mol. The van der Waals surface area contributed by atoms with Gasteiger partial charge in [-0.15, -0.1) is 0 Å². The highest BCUT2D eigenvalue weighted by molar-refractivity contribution is 5.77. The number of nitrogens with two attached hydrogens (primary N) is 1. The lowest BCUT2D eigenvalue weighted by molar-refractivity contribution is 0.319. The molecule has 122 valence electrons. The molecule has 0 radical (unpaired) electrons. The van der Waals surface area contributed by atoms with Gasteiger partial charge >= 0.3 is 0 Å².